The summed E-state index contributed by atoms with van der Waals surface area (Å²) in [6, 6.07) is 11.3. The fourth-order valence-corrected chi connectivity index (χ4v) is 2.36. The number of amides is 2. The zero-order valence-corrected chi connectivity index (χ0v) is 16.5. The average molecular weight is 429 g/mol. The molecule has 0 saturated carbocycles. The largest absolute Gasteiger partial charge is 0.465 e. The van der Waals surface area contributed by atoms with Gasteiger partial charge < -0.3 is 20.1 Å². The minimum Gasteiger partial charge on any atom is -0.465 e. The number of esters is 2. The lowest BCUT2D eigenvalue weighted by molar-refractivity contribution is -0.384. The molecule has 11 heteroatoms. The van der Waals surface area contributed by atoms with E-state index in [2.05, 4.69) is 15.4 Å². The Morgan fingerprint density at radius 1 is 0.935 bits per heavy atom. The summed E-state index contributed by atoms with van der Waals surface area (Å²) in [5.74, 6) is -2.40. The maximum atomic E-state index is 11.9. The third-order valence-electron chi connectivity index (χ3n) is 3.85. The summed E-state index contributed by atoms with van der Waals surface area (Å²) in [7, 11) is 1.25. The third kappa shape index (κ3) is 7.57. The highest BCUT2D eigenvalue weighted by atomic mass is 16.6. The monoisotopic (exact) mass is 429 g/mol. The first-order valence-electron chi connectivity index (χ1n) is 8.96. The third-order valence-corrected chi connectivity index (χ3v) is 3.85. The highest BCUT2D eigenvalue weighted by molar-refractivity contribution is 5.95. The van der Waals surface area contributed by atoms with Gasteiger partial charge in [0.1, 0.15) is 0 Å². The summed E-state index contributed by atoms with van der Waals surface area (Å²) in [6.45, 7) is -0.552. The molecule has 0 saturated heterocycles. The molecule has 0 aliphatic heterocycles. The molecule has 0 bridgehead atoms. The average Bonchev–Trinajstić information content (AvgIpc) is 2.76. The molecule has 0 aliphatic carbocycles. The summed E-state index contributed by atoms with van der Waals surface area (Å²) >= 11 is 0. The molecule has 2 aromatic carbocycles. The van der Waals surface area contributed by atoms with E-state index in [9.17, 15) is 29.3 Å². The maximum Gasteiger partial charge on any atom is 0.337 e. The van der Waals surface area contributed by atoms with Gasteiger partial charge in [0, 0.05) is 29.9 Å². The zero-order chi connectivity index (χ0) is 22.8. The van der Waals surface area contributed by atoms with Gasteiger partial charge >= 0.3 is 11.9 Å². The molecule has 31 heavy (non-hydrogen) atoms. The molecule has 0 heterocycles. The van der Waals surface area contributed by atoms with Gasteiger partial charge in [-0.2, -0.15) is 0 Å². The second-order valence-electron chi connectivity index (χ2n) is 6.13. The van der Waals surface area contributed by atoms with Crippen LogP contribution in [0.15, 0.2) is 48.5 Å². The fourth-order valence-electron chi connectivity index (χ4n) is 2.36. The molecule has 0 aromatic heterocycles. The molecule has 0 unspecified atom stereocenters. The van der Waals surface area contributed by atoms with Gasteiger partial charge in [-0.3, -0.25) is 24.5 Å². The van der Waals surface area contributed by atoms with Crippen LogP contribution in [-0.2, 0) is 23.9 Å². The molecule has 0 fully saturated rings. The minimum atomic E-state index is -0.759. The van der Waals surface area contributed by atoms with Gasteiger partial charge in [-0.15, -0.1) is 0 Å². The van der Waals surface area contributed by atoms with Crippen LogP contribution in [0.2, 0.25) is 0 Å². The Balaban J connectivity index is 1.72. The molecular formula is C20H19N3O8. The summed E-state index contributed by atoms with van der Waals surface area (Å²) in [5.41, 5.74) is 0.758. The molecule has 0 aliphatic rings. The zero-order valence-electron chi connectivity index (χ0n) is 16.5. The molecule has 2 N–H and O–H groups in total. The van der Waals surface area contributed by atoms with Gasteiger partial charge in [0.15, 0.2) is 6.61 Å². The van der Waals surface area contributed by atoms with Crippen LogP contribution < -0.4 is 10.6 Å². The van der Waals surface area contributed by atoms with Gasteiger partial charge in [-0.05, 0) is 30.3 Å². The first-order chi connectivity index (χ1) is 14.8. The van der Waals surface area contributed by atoms with E-state index in [-0.39, 0.29) is 24.2 Å². The van der Waals surface area contributed by atoms with E-state index in [0.29, 0.717) is 11.3 Å². The van der Waals surface area contributed by atoms with Crippen LogP contribution in [-0.4, -0.2) is 42.4 Å². The molecule has 162 valence electrons. The van der Waals surface area contributed by atoms with Crippen LogP contribution in [0.25, 0.3) is 0 Å². The van der Waals surface area contributed by atoms with E-state index in [1.807, 2.05) is 0 Å². The van der Waals surface area contributed by atoms with E-state index in [0.717, 1.165) is 0 Å². The van der Waals surface area contributed by atoms with Crippen molar-refractivity contribution < 1.29 is 33.6 Å². The highest BCUT2D eigenvalue weighted by Crippen LogP contribution is 2.17. The SMILES string of the molecule is COC(=O)c1ccc(NC(=O)COC(=O)CCC(=O)Nc2cccc([N+](=O)[O-])c2)cc1. The number of non-ortho nitro benzene ring substituents is 1. The predicted molar refractivity (Wildman–Crippen MR) is 108 cm³/mol. The minimum absolute atomic E-state index is 0.178. The van der Waals surface area contributed by atoms with Gasteiger partial charge in [-0.1, -0.05) is 6.07 Å². The van der Waals surface area contributed by atoms with Crippen molar-refractivity contribution in [1.82, 2.24) is 0 Å². The first kappa shape index (κ1) is 23.0. The van der Waals surface area contributed by atoms with Crippen LogP contribution in [0.1, 0.15) is 23.2 Å². The van der Waals surface area contributed by atoms with Crippen molar-refractivity contribution >= 4 is 40.8 Å². The van der Waals surface area contributed by atoms with E-state index in [4.69, 9.17) is 4.74 Å². The van der Waals surface area contributed by atoms with Gasteiger partial charge in [0.25, 0.3) is 11.6 Å². The lowest BCUT2D eigenvalue weighted by atomic mass is 10.2. The Morgan fingerprint density at radius 2 is 1.61 bits per heavy atom. The maximum absolute atomic E-state index is 11.9. The Bertz CT molecular complexity index is 988. The molecule has 2 aromatic rings. The number of nitrogens with one attached hydrogen (secondary N) is 2. The Morgan fingerprint density at radius 3 is 2.26 bits per heavy atom. The van der Waals surface area contributed by atoms with Crippen molar-refractivity contribution in [2.24, 2.45) is 0 Å². The number of hydrogen-bond donors (Lipinski definition) is 2. The van der Waals surface area contributed by atoms with Crippen molar-refractivity contribution in [3.63, 3.8) is 0 Å². The molecule has 2 amide bonds. The van der Waals surface area contributed by atoms with Gasteiger partial charge in [0.2, 0.25) is 5.91 Å². The molecule has 2 rings (SSSR count). The summed E-state index contributed by atoms with van der Waals surface area (Å²) < 4.78 is 9.38. The fraction of sp³-hybridized carbons (Fsp3) is 0.200. The number of carbonyl (C=O) groups is 4. The number of methoxy groups -OCH3 is 1. The summed E-state index contributed by atoms with van der Waals surface area (Å²) in [6.07, 6.45) is -0.500. The van der Waals surface area contributed by atoms with Gasteiger partial charge in [-0.25, -0.2) is 4.79 Å². The second-order valence-corrected chi connectivity index (χ2v) is 6.13. The second kappa shape index (κ2) is 11.0. The quantitative estimate of drug-likeness (QED) is 0.350. The van der Waals surface area contributed by atoms with Crippen molar-refractivity contribution in [3.8, 4) is 0 Å². The molecule has 0 spiro atoms. The lowest BCUT2D eigenvalue weighted by Gasteiger charge is -2.08. The summed E-state index contributed by atoms with van der Waals surface area (Å²) in [5, 5.41) is 15.7. The lowest BCUT2D eigenvalue weighted by Crippen LogP contribution is -2.21. The first-order valence-corrected chi connectivity index (χ1v) is 8.96. The number of nitro benzene ring substituents is 1. The molecular weight excluding hydrogens is 410 g/mol. The number of carbonyl (C=O) groups excluding carboxylic acids is 4. The van der Waals surface area contributed by atoms with Crippen molar-refractivity contribution in [3.05, 3.63) is 64.2 Å². The number of benzene rings is 2. The number of anilines is 2. The number of nitro groups is 1. The smallest absolute Gasteiger partial charge is 0.337 e. The molecule has 11 nitrogen and oxygen atoms in total. The Kier molecular flexibility index (Phi) is 8.20. The predicted octanol–water partition coefficient (Wildman–Crippen LogP) is 2.28. The Labute approximate surface area is 176 Å². The number of rotatable bonds is 9. The topological polar surface area (TPSA) is 154 Å². The van der Waals surface area contributed by atoms with E-state index in [1.54, 1.807) is 0 Å². The van der Waals surface area contributed by atoms with Gasteiger partial charge in [0.05, 0.1) is 24.0 Å². The van der Waals surface area contributed by atoms with Crippen molar-refractivity contribution in [2.75, 3.05) is 24.4 Å². The number of nitrogens with zero attached hydrogens (tertiary/aromatic N) is 1. The van der Waals surface area contributed by atoms with Crippen molar-refractivity contribution in [2.45, 2.75) is 12.8 Å². The van der Waals surface area contributed by atoms with Crippen LogP contribution >= 0.6 is 0 Å². The van der Waals surface area contributed by atoms with E-state index in [1.165, 1.54) is 55.6 Å². The number of hydrogen-bond acceptors (Lipinski definition) is 8. The molecule has 0 atom stereocenters. The Hall–Kier alpha value is -4.28. The number of ether oxygens (including phenoxy) is 2. The van der Waals surface area contributed by atoms with Crippen molar-refractivity contribution in [1.29, 1.82) is 0 Å². The standard InChI is InChI=1S/C20H19N3O8/c1-30-20(27)13-5-7-14(8-6-13)21-18(25)12-31-19(26)10-9-17(24)22-15-3-2-4-16(11-15)23(28)29/h2-8,11H,9-10,12H2,1H3,(H,21,25)(H,22,24). The van der Waals surface area contributed by atoms with Crippen LogP contribution in [0.3, 0.4) is 0 Å². The molecule has 0 radical (unpaired) electrons. The van der Waals surface area contributed by atoms with Crippen LogP contribution in [0, 0.1) is 10.1 Å². The summed E-state index contributed by atoms with van der Waals surface area (Å²) in [4.78, 5) is 56.9. The normalized spacial score (nSPS) is 9.97. The van der Waals surface area contributed by atoms with E-state index < -0.39 is 35.3 Å². The highest BCUT2D eigenvalue weighted by Gasteiger charge is 2.13. The van der Waals surface area contributed by atoms with Crippen LogP contribution in [0.5, 0.6) is 0 Å². The van der Waals surface area contributed by atoms with Crippen LogP contribution in [0.4, 0.5) is 17.1 Å². The van der Waals surface area contributed by atoms with E-state index >= 15 is 0 Å².